The Morgan fingerprint density at radius 2 is 2.32 bits per heavy atom. The van der Waals surface area contributed by atoms with Crippen molar-refractivity contribution >= 4 is 5.91 Å². The van der Waals surface area contributed by atoms with Gasteiger partial charge in [0.25, 0.3) is 5.91 Å². The minimum absolute atomic E-state index is 0.0532. The van der Waals surface area contributed by atoms with Crippen LogP contribution in [0.2, 0.25) is 0 Å². The molecule has 0 bridgehead atoms. The topological polar surface area (TPSA) is 56.1 Å². The van der Waals surface area contributed by atoms with Gasteiger partial charge in [-0.05, 0) is 37.5 Å². The van der Waals surface area contributed by atoms with Crippen LogP contribution in [-0.2, 0) is 17.8 Å². The molecule has 1 atom stereocenters. The van der Waals surface area contributed by atoms with Crippen LogP contribution in [0.15, 0.2) is 30.6 Å². The molecule has 0 saturated heterocycles. The van der Waals surface area contributed by atoms with Gasteiger partial charge in [0.15, 0.2) is 6.61 Å². The van der Waals surface area contributed by atoms with E-state index in [1.807, 2.05) is 44.4 Å². The second-order valence-corrected chi connectivity index (χ2v) is 5.86. The average Bonchev–Trinajstić information content (AvgIpc) is 2.96. The van der Waals surface area contributed by atoms with Gasteiger partial charge in [-0.25, -0.2) is 4.98 Å². The molecule has 1 amide bonds. The second kappa shape index (κ2) is 6.22. The Bertz CT molecular complexity index is 678. The number of ether oxygens (including phenoxy) is 1. The Morgan fingerprint density at radius 1 is 1.45 bits per heavy atom. The number of benzene rings is 1. The van der Waals surface area contributed by atoms with Crippen molar-refractivity contribution in [3.8, 4) is 5.75 Å². The monoisotopic (exact) mass is 299 g/mol. The zero-order valence-electron chi connectivity index (χ0n) is 13.0. The fourth-order valence-corrected chi connectivity index (χ4v) is 2.76. The van der Waals surface area contributed by atoms with Gasteiger partial charge in [-0.1, -0.05) is 12.1 Å². The summed E-state index contributed by atoms with van der Waals surface area (Å²) in [5.74, 6) is 1.79. The Hall–Kier alpha value is -2.30. The Kier molecular flexibility index (Phi) is 4.13. The van der Waals surface area contributed by atoms with Crippen LogP contribution in [0.3, 0.4) is 0 Å². The molecule has 0 aliphatic carbocycles. The number of amides is 1. The van der Waals surface area contributed by atoms with E-state index in [-0.39, 0.29) is 18.6 Å². The quantitative estimate of drug-likeness (QED) is 0.939. The van der Waals surface area contributed by atoms with Crippen LogP contribution >= 0.6 is 0 Å². The van der Waals surface area contributed by atoms with E-state index in [0.29, 0.717) is 0 Å². The van der Waals surface area contributed by atoms with Crippen molar-refractivity contribution in [2.75, 3.05) is 6.61 Å². The van der Waals surface area contributed by atoms with Crippen molar-refractivity contribution in [3.63, 3.8) is 0 Å². The van der Waals surface area contributed by atoms with Gasteiger partial charge in [0.1, 0.15) is 11.6 Å². The molecule has 116 valence electrons. The maximum absolute atomic E-state index is 12.1. The zero-order valence-corrected chi connectivity index (χ0v) is 13.0. The molecule has 0 saturated carbocycles. The highest BCUT2D eigenvalue weighted by Gasteiger charge is 2.20. The molecule has 1 aromatic carbocycles. The maximum atomic E-state index is 12.1. The van der Waals surface area contributed by atoms with Crippen LogP contribution in [0.1, 0.15) is 23.4 Å². The first-order valence-electron chi connectivity index (χ1n) is 7.61. The number of nitrogens with one attached hydrogen (secondary N) is 1. The summed E-state index contributed by atoms with van der Waals surface area (Å²) >= 11 is 0. The summed E-state index contributed by atoms with van der Waals surface area (Å²) in [4.78, 5) is 16.4. The number of fused-ring (bicyclic) bond motifs is 1. The van der Waals surface area contributed by atoms with E-state index in [1.54, 1.807) is 0 Å². The third kappa shape index (κ3) is 3.30. The van der Waals surface area contributed by atoms with E-state index in [2.05, 4.69) is 14.9 Å². The molecule has 2 heterocycles. The van der Waals surface area contributed by atoms with Crippen LogP contribution in [-0.4, -0.2) is 28.1 Å². The lowest BCUT2D eigenvalue weighted by Gasteiger charge is -2.24. The molecule has 1 aliphatic heterocycles. The van der Waals surface area contributed by atoms with Gasteiger partial charge < -0.3 is 14.6 Å². The molecule has 0 unspecified atom stereocenters. The molecule has 3 rings (SSSR count). The SMILES string of the molecule is Cc1ccc(C)c(OCC(=O)N[C@@H]2CCc3nccn3C2)c1. The average molecular weight is 299 g/mol. The van der Waals surface area contributed by atoms with E-state index in [1.165, 1.54) is 0 Å². The molecule has 22 heavy (non-hydrogen) atoms. The standard InChI is InChI=1S/C17H21N3O2/c1-12-3-4-13(2)15(9-12)22-11-17(21)19-14-5-6-16-18-7-8-20(16)10-14/h3-4,7-9,14H,5-6,10-11H2,1-2H3,(H,19,21)/t14-/m1/s1. The predicted molar refractivity (Wildman–Crippen MR) is 83.9 cm³/mol. The normalized spacial score (nSPS) is 16.9. The number of nitrogens with zero attached hydrogens (tertiary/aromatic N) is 2. The summed E-state index contributed by atoms with van der Waals surface area (Å²) in [6.07, 6.45) is 5.59. The van der Waals surface area contributed by atoms with Crippen molar-refractivity contribution in [2.24, 2.45) is 0 Å². The fraction of sp³-hybridized carbons (Fsp3) is 0.412. The number of aromatic nitrogens is 2. The Labute approximate surface area is 130 Å². The van der Waals surface area contributed by atoms with Crippen LogP contribution < -0.4 is 10.1 Å². The fourth-order valence-electron chi connectivity index (χ4n) is 2.76. The van der Waals surface area contributed by atoms with Crippen molar-refractivity contribution in [2.45, 2.75) is 39.3 Å². The van der Waals surface area contributed by atoms with E-state index < -0.39 is 0 Å². The second-order valence-electron chi connectivity index (χ2n) is 5.86. The third-order valence-corrected chi connectivity index (χ3v) is 4.00. The smallest absolute Gasteiger partial charge is 0.258 e. The summed E-state index contributed by atoms with van der Waals surface area (Å²) < 4.78 is 7.74. The first kappa shape index (κ1) is 14.6. The highest BCUT2D eigenvalue weighted by molar-refractivity contribution is 5.77. The zero-order chi connectivity index (χ0) is 15.5. The van der Waals surface area contributed by atoms with Crippen molar-refractivity contribution < 1.29 is 9.53 Å². The van der Waals surface area contributed by atoms with E-state index in [9.17, 15) is 4.79 Å². The molecular formula is C17H21N3O2. The first-order chi connectivity index (χ1) is 10.6. The summed E-state index contributed by atoms with van der Waals surface area (Å²) in [5, 5.41) is 3.04. The molecule has 1 N–H and O–H groups in total. The Balaban J connectivity index is 1.52. The van der Waals surface area contributed by atoms with E-state index >= 15 is 0 Å². The summed E-state index contributed by atoms with van der Waals surface area (Å²) in [5.41, 5.74) is 2.17. The largest absolute Gasteiger partial charge is 0.483 e. The predicted octanol–water partition coefficient (Wildman–Crippen LogP) is 2.01. The lowest BCUT2D eigenvalue weighted by molar-refractivity contribution is -0.124. The van der Waals surface area contributed by atoms with Crippen LogP contribution in [0, 0.1) is 13.8 Å². The maximum Gasteiger partial charge on any atom is 0.258 e. The number of hydrogen-bond acceptors (Lipinski definition) is 3. The van der Waals surface area contributed by atoms with Gasteiger partial charge in [-0.15, -0.1) is 0 Å². The third-order valence-electron chi connectivity index (χ3n) is 4.00. The number of aryl methyl sites for hydroxylation is 3. The number of hydrogen-bond donors (Lipinski definition) is 1. The molecule has 0 spiro atoms. The summed E-state index contributed by atoms with van der Waals surface area (Å²) in [6, 6.07) is 6.15. The van der Waals surface area contributed by atoms with Crippen molar-refractivity contribution in [1.82, 2.24) is 14.9 Å². The minimum Gasteiger partial charge on any atom is -0.483 e. The van der Waals surface area contributed by atoms with Gasteiger partial charge in [-0.2, -0.15) is 0 Å². The van der Waals surface area contributed by atoms with Crippen LogP contribution in [0.25, 0.3) is 0 Å². The highest BCUT2D eigenvalue weighted by Crippen LogP contribution is 2.19. The molecule has 1 aromatic heterocycles. The lowest BCUT2D eigenvalue weighted by Crippen LogP contribution is -2.42. The number of imidazole rings is 1. The minimum atomic E-state index is -0.0746. The number of rotatable bonds is 4. The van der Waals surface area contributed by atoms with E-state index in [4.69, 9.17) is 4.74 Å². The molecular weight excluding hydrogens is 278 g/mol. The van der Waals surface area contributed by atoms with Gasteiger partial charge in [0, 0.05) is 31.4 Å². The lowest BCUT2D eigenvalue weighted by atomic mass is 10.1. The molecule has 5 heteroatoms. The number of carbonyl (C=O) groups excluding carboxylic acids is 1. The van der Waals surface area contributed by atoms with E-state index in [0.717, 1.165) is 42.1 Å². The van der Waals surface area contributed by atoms with Crippen molar-refractivity contribution in [3.05, 3.63) is 47.5 Å². The van der Waals surface area contributed by atoms with Gasteiger partial charge in [-0.3, -0.25) is 4.79 Å². The van der Waals surface area contributed by atoms with Crippen LogP contribution in [0.5, 0.6) is 5.75 Å². The molecule has 0 radical (unpaired) electrons. The van der Waals surface area contributed by atoms with Gasteiger partial charge in [0.05, 0.1) is 0 Å². The van der Waals surface area contributed by atoms with Gasteiger partial charge in [0.2, 0.25) is 0 Å². The molecule has 5 nitrogen and oxygen atoms in total. The first-order valence-corrected chi connectivity index (χ1v) is 7.61. The van der Waals surface area contributed by atoms with Gasteiger partial charge >= 0.3 is 0 Å². The van der Waals surface area contributed by atoms with Crippen LogP contribution in [0.4, 0.5) is 0 Å². The Morgan fingerprint density at radius 3 is 3.18 bits per heavy atom. The summed E-state index contributed by atoms with van der Waals surface area (Å²) in [7, 11) is 0. The van der Waals surface area contributed by atoms with Crippen molar-refractivity contribution in [1.29, 1.82) is 0 Å². The highest BCUT2D eigenvalue weighted by atomic mass is 16.5. The molecule has 1 aliphatic rings. The summed E-state index contributed by atoms with van der Waals surface area (Å²) in [6.45, 7) is 4.83. The molecule has 2 aromatic rings. The number of carbonyl (C=O) groups is 1. The molecule has 0 fully saturated rings.